The van der Waals surface area contributed by atoms with Gasteiger partial charge in [-0.15, -0.1) is 0 Å². The quantitative estimate of drug-likeness (QED) is 0.0165. The Bertz CT molecular complexity index is 3140. The lowest BCUT2D eigenvalue weighted by Gasteiger charge is -2.17. The van der Waals surface area contributed by atoms with Crippen molar-refractivity contribution in [3.05, 3.63) is 250 Å². The van der Waals surface area contributed by atoms with Gasteiger partial charge < -0.3 is 45.0 Å². The monoisotopic (exact) mass is 1170 g/mol. The molecular weight excluding hydrogens is 1100 g/mol. The average Bonchev–Trinajstić information content (AvgIpc) is 3.76. The molecular formula is C67H74N4O15. The van der Waals surface area contributed by atoms with Gasteiger partial charge in [-0.3, -0.25) is 24.0 Å². The van der Waals surface area contributed by atoms with Gasteiger partial charge in [0.15, 0.2) is 5.78 Å². The molecule has 1 unspecified atom stereocenters. The van der Waals surface area contributed by atoms with Gasteiger partial charge in [0.25, 0.3) is 23.6 Å². The number of carbonyl (C=O) groups is 10. The first-order chi connectivity index (χ1) is 41.2. The van der Waals surface area contributed by atoms with E-state index in [9.17, 15) is 47.9 Å². The molecule has 1 atom stereocenters. The lowest BCUT2D eigenvalue weighted by atomic mass is 10.0. The Morgan fingerprint density at radius 3 is 1.07 bits per heavy atom. The smallest absolute Gasteiger partial charge is 0.354 e. The first kappa shape index (κ1) is 71.5. The fourth-order valence-electron chi connectivity index (χ4n) is 6.74. The van der Waals surface area contributed by atoms with Crippen molar-refractivity contribution < 1.29 is 71.6 Å². The minimum atomic E-state index is -0.811. The highest BCUT2D eigenvalue weighted by atomic mass is 16.5. The van der Waals surface area contributed by atoms with Crippen molar-refractivity contribution in [1.82, 2.24) is 21.3 Å². The Hall–Kier alpha value is -10.6. The van der Waals surface area contributed by atoms with Gasteiger partial charge in [0.05, 0.1) is 35.5 Å². The summed E-state index contributed by atoms with van der Waals surface area (Å²) in [6, 6.07) is 42.3. The average molecular weight is 1180 g/mol. The van der Waals surface area contributed by atoms with E-state index in [2.05, 4.69) is 49.3 Å². The van der Waals surface area contributed by atoms with Crippen molar-refractivity contribution in [1.29, 1.82) is 0 Å². The van der Waals surface area contributed by atoms with E-state index < -0.39 is 41.8 Å². The molecule has 86 heavy (non-hydrogen) atoms. The molecule has 0 radical (unpaired) electrons. The number of Topliss-reactive ketones (excluding diaryl/α,β-unsaturated/α-hetero) is 1. The third-order valence-corrected chi connectivity index (χ3v) is 11.3. The van der Waals surface area contributed by atoms with Crippen LogP contribution in [0.2, 0.25) is 0 Å². The van der Waals surface area contributed by atoms with Gasteiger partial charge in [-0.25, -0.2) is 24.0 Å². The van der Waals surface area contributed by atoms with E-state index in [1.54, 1.807) is 152 Å². The predicted octanol–water partition coefficient (Wildman–Crippen LogP) is 9.73. The van der Waals surface area contributed by atoms with E-state index in [0.717, 1.165) is 19.1 Å². The molecule has 4 N–H and O–H groups in total. The predicted molar refractivity (Wildman–Crippen MR) is 326 cm³/mol. The number of ketones is 1. The fraction of sp³-hybridized carbons (Fsp3) is 0.224. The van der Waals surface area contributed by atoms with Crippen LogP contribution in [-0.4, -0.2) is 101 Å². The van der Waals surface area contributed by atoms with Crippen LogP contribution in [0.15, 0.2) is 222 Å². The van der Waals surface area contributed by atoms with Crippen LogP contribution in [0.1, 0.15) is 106 Å². The largest absolute Gasteiger partial charge is 0.467 e. The molecule has 0 aromatic heterocycles. The Labute approximate surface area is 501 Å². The van der Waals surface area contributed by atoms with E-state index in [0.29, 0.717) is 40.2 Å². The molecule has 5 rings (SSSR count). The van der Waals surface area contributed by atoms with Crippen LogP contribution in [0.5, 0.6) is 0 Å². The Morgan fingerprint density at radius 2 is 0.744 bits per heavy atom. The second-order valence-electron chi connectivity index (χ2n) is 18.5. The fourth-order valence-corrected chi connectivity index (χ4v) is 6.74. The third-order valence-electron chi connectivity index (χ3n) is 11.3. The highest BCUT2D eigenvalue weighted by molar-refractivity contribution is 6.05. The number of carbonyl (C=O) groups excluding carboxylic acids is 10. The molecule has 0 aliphatic heterocycles. The third kappa shape index (κ3) is 27.5. The lowest BCUT2D eigenvalue weighted by molar-refractivity contribution is -0.143. The van der Waals surface area contributed by atoms with Gasteiger partial charge >= 0.3 is 29.8 Å². The summed E-state index contributed by atoms with van der Waals surface area (Å²) in [6.45, 7) is 9.75. The molecule has 0 saturated heterocycles. The zero-order valence-corrected chi connectivity index (χ0v) is 49.9. The van der Waals surface area contributed by atoms with E-state index in [4.69, 9.17) is 9.47 Å². The van der Waals surface area contributed by atoms with Gasteiger partial charge in [0, 0.05) is 39.8 Å². The van der Waals surface area contributed by atoms with Crippen molar-refractivity contribution in [3.8, 4) is 0 Å². The van der Waals surface area contributed by atoms with Crippen molar-refractivity contribution in [2.75, 3.05) is 35.5 Å². The molecule has 5 aromatic rings. The molecule has 4 amide bonds. The molecule has 0 spiro atoms. The zero-order valence-electron chi connectivity index (χ0n) is 49.9. The van der Waals surface area contributed by atoms with Crippen molar-refractivity contribution >= 4 is 59.3 Å². The number of rotatable bonds is 22. The van der Waals surface area contributed by atoms with Gasteiger partial charge in [0.2, 0.25) is 0 Å². The summed E-state index contributed by atoms with van der Waals surface area (Å²) in [4.78, 5) is 119. The Morgan fingerprint density at radius 1 is 0.407 bits per heavy atom. The van der Waals surface area contributed by atoms with Gasteiger partial charge in [0.1, 0.15) is 23.1 Å². The number of esters is 5. The maximum absolute atomic E-state index is 12.4. The zero-order chi connectivity index (χ0) is 63.8. The maximum Gasteiger partial charge on any atom is 0.354 e. The van der Waals surface area contributed by atoms with Crippen molar-refractivity contribution in [3.63, 3.8) is 0 Å². The normalized spacial score (nSPS) is 11.3. The van der Waals surface area contributed by atoms with Crippen LogP contribution in [0.3, 0.4) is 0 Å². The number of nitrogens with one attached hydrogen (secondary N) is 4. The molecule has 0 saturated carbocycles. The van der Waals surface area contributed by atoms with Crippen LogP contribution in [-0.2, 0) is 47.7 Å². The van der Waals surface area contributed by atoms with Crippen LogP contribution < -0.4 is 21.3 Å². The van der Waals surface area contributed by atoms with E-state index in [1.807, 2.05) is 39.0 Å². The molecule has 0 fully saturated rings. The van der Waals surface area contributed by atoms with E-state index in [-0.39, 0.29) is 52.6 Å². The number of hydrogen-bond acceptors (Lipinski definition) is 15. The number of methoxy groups -OCH3 is 5. The summed E-state index contributed by atoms with van der Waals surface area (Å²) in [5.74, 6) is -4.40. The molecule has 0 aliphatic rings. The summed E-state index contributed by atoms with van der Waals surface area (Å²) in [6.07, 6.45) is 11.8. The minimum absolute atomic E-state index is 0.0155. The summed E-state index contributed by atoms with van der Waals surface area (Å²) in [7, 11) is 6.22. The lowest BCUT2D eigenvalue weighted by Crippen LogP contribution is -2.41. The number of amides is 4. The first-order valence-electron chi connectivity index (χ1n) is 26.8. The Balaban J connectivity index is 0.000000402. The topological polar surface area (TPSA) is 265 Å². The van der Waals surface area contributed by atoms with Gasteiger partial charge in [-0.1, -0.05) is 141 Å². The van der Waals surface area contributed by atoms with E-state index >= 15 is 0 Å². The van der Waals surface area contributed by atoms with Gasteiger partial charge in [-0.2, -0.15) is 0 Å². The second-order valence-corrected chi connectivity index (χ2v) is 18.5. The van der Waals surface area contributed by atoms with Crippen LogP contribution in [0.4, 0.5) is 0 Å². The minimum Gasteiger partial charge on any atom is -0.467 e. The number of benzene rings is 5. The summed E-state index contributed by atoms with van der Waals surface area (Å²) in [5.41, 5.74) is 3.31. The molecule has 19 nitrogen and oxygen atoms in total. The van der Waals surface area contributed by atoms with E-state index in [1.165, 1.54) is 52.7 Å². The van der Waals surface area contributed by atoms with Crippen LogP contribution >= 0.6 is 0 Å². The molecule has 0 aliphatic carbocycles. The van der Waals surface area contributed by atoms with Crippen molar-refractivity contribution in [2.45, 2.75) is 59.9 Å². The SMILES string of the molecule is CC=C/C=C(\NC(=O)c1ccccc1)C(=O)OC.COC(=O)/C(=C/C=C(C)C)NC(=O)c1ccccc1.COC(=O)C(=CC=C(NC(=O)c1ccccc1)C(=O)OC)CC(=O)c1ccccc1.COC(=O)C(CCC(C)C)NC(=O)c1ccccc1. The summed E-state index contributed by atoms with van der Waals surface area (Å²) in [5, 5.41) is 10.2. The maximum atomic E-state index is 12.4. The van der Waals surface area contributed by atoms with Crippen LogP contribution in [0.25, 0.3) is 0 Å². The van der Waals surface area contributed by atoms with Crippen molar-refractivity contribution in [2.24, 2.45) is 5.92 Å². The van der Waals surface area contributed by atoms with Gasteiger partial charge in [-0.05, 0) is 112 Å². The molecule has 452 valence electrons. The second kappa shape index (κ2) is 40.6. The standard InChI is InChI=1S/C23H21NO6.C15H21NO3.C15H17NO3.C14H15NO3/c1-29-22(27)18(15-20(25)16-9-5-3-6-10-16)13-14-19(23(28)30-2)24-21(26)17-11-7-4-8-12-17;2*1-11(2)9-10-13(15(18)19-3)16-14(17)12-7-5-4-6-8-12;1-3-4-10-12(14(17)18-2)15-13(16)11-8-6-5-7-9-11/h3-14H,15H2,1-2H3,(H,24,26);4-8,11,13H,9-10H2,1-3H3,(H,16,17);4-10H,1-3H3,(H,16,17);3-10H,1-2H3,(H,15,16)/b;;13-10-;4-3?,12-10-. The Kier molecular flexibility index (Phi) is 33.8. The van der Waals surface area contributed by atoms with Crippen LogP contribution in [0, 0.1) is 5.92 Å². The summed E-state index contributed by atoms with van der Waals surface area (Å²) >= 11 is 0. The molecule has 0 bridgehead atoms. The highest BCUT2D eigenvalue weighted by Crippen LogP contribution is 2.14. The highest BCUT2D eigenvalue weighted by Gasteiger charge is 2.23. The summed E-state index contributed by atoms with van der Waals surface area (Å²) < 4.78 is 23.4. The molecule has 5 aromatic carbocycles. The number of ether oxygens (including phenoxy) is 5. The first-order valence-corrected chi connectivity index (χ1v) is 26.8. The number of hydrogen-bond donors (Lipinski definition) is 4. The molecule has 0 heterocycles. The molecule has 19 heteroatoms. The number of allylic oxidation sites excluding steroid dienone is 8.